The Hall–Kier alpha value is -1.20. The molecule has 2 aliphatic rings. The molecule has 1 aliphatic carbocycles. The Kier molecular flexibility index (Phi) is 4.64. The number of carbonyl (C=O) groups is 1. The average Bonchev–Trinajstić information content (AvgIpc) is 3.27. The topological polar surface area (TPSA) is 52.6 Å². The quantitative estimate of drug-likeness (QED) is 0.478. The molecule has 1 heterocycles. The summed E-state index contributed by atoms with van der Waals surface area (Å²) < 4.78 is 3.24. The lowest BCUT2D eigenvalue weighted by Gasteiger charge is -2.35. The number of benzene rings is 1. The lowest BCUT2D eigenvalue weighted by molar-refractivity contribution is 0.101. The molecule has 120 valence electrons. The molecule has 2 fully saturated rings. The summed E-state index contributed by atoms with van der Waals surface area (Å²) in [6.07, 6.45) is 5.28. The van der Waals surface area contributed by atoms with Gasteiger partial charge < -0.3 is 14.7 Å². The van der Waals surface area contributed by atoms with Gasteiger partial charge in [-0.3, -0.25) is 4.79 Å². The lowest BCUT2D eigenvalue weighted by atomic mass is 9.92. The maximum absolute atomic E-state index is 11.9. The van der Waals surface area contributed by atoms with Crippen molar-refractivity contribution in [3.8, 4) is 0 Å². The van der Waals surface area contributed by atoms with Crippen LogP contribution in [-0.2, 0) is 0 Å². The minimum absolute atomic E-state index is 0.122. The van der Waals surface area contributed by atoms with Gasteiger partial charge >= 0.3 is 0 Å². The Morgan fingerprint density at radius 3 is 2.64 bits per heavy atom. The van der Waals surface area contributed by atoms with Crippen LogP contribution in [0.1, 0.15) is 43.0 Å². The Morgan fingerprint density at radius 2 is 2.05 bits per heavy atom. The fourth-order valence-electron chi connectivity index (χ4n) is 3.23. The number of aliphatic hydroxyl groups is 1. The Labute approximate surface area is 136 Å². The molecule has 4 nitrogen and oxygen atoms in total. The molecular formula is C17H24N2O2S. The van der Waals surface area contributed by atoms with Crippen LogP contribution in [0.25, 0.3) is 0 Å². The standard InChI is InChI=1S/C17H24N2O2S/c1-13(21)15-3-2-14(18-22-11-10-20)12-16(15)19-8-6-17(4-5-17)7-9-19/h2-3,12,18,20H,4-11H2,1H3. The summed E-state index contributed by atoms with van der Waals surface area (Å²) >= 11 is 1.48. The van der Waals surface area contributed by atoms with E-state index in [4.69, 9.17) is 5.11 Å². The SMILES string of the molecule is CC(=O)c1ccc(NSCCO)cc1N1CCC2(CC1)CC2. The van der Waals surface area contributed by atoms with Gasteiger partial charge in [0, 0.05) is 35.8 Å². The zero-order chi connectivity index (χ0) is 15.6. The van der Waals surface area contributed by atoms with Crippen LogP contribution in [0.4, 0.5) is 11.4 Å². The Morgan fingerprint density at radius 1 is 1.32 bits per heavy atom. The van der Waals surface area contributed by atoms with Crippen molar-refractivity contribution >= 4 is 29.1 Å². The van der Waals surface area contributed by atoms with Crippen molar-refractivity contribution in [3.63, 3.8) is 0 Å². The second-order valence-electron chi connectivity index (χ2n) is 6.45. The van der Waals surface area contributed by atoms with Gasteiger partial charge in [-0.1, -0.05) is 11.9 Å². The van der Waals surface area contributed by atoms with E-state index < -0.39 is 0 Å². The van der Waals surface area contributed by atoms with Crippen molar-refractivity contribution in [2.75, 3.05) is 35.1 Å². The van der Waals surface area contributed by atoms with E-state index in [1.54, 1.807) is 6.92 Å². The molecule has 1 spiro atoms. The van der Waals surface area contributed by atoms with Crippen LogP contribution < -0.4 is 9.62 Å². The summed E-state index contributed by atoms with van der Waals surface area (Å²) in [7, 11) is 0. The maximum Gasteiger partial charge on any atom is 0.161 e. The highest BCUT2D eigenvalue weighted by Crippen LogP contribution is 2.54. The summed E-state index contributed by atoms with van der Waals surface area (Å²) in [5.74, 6) is 0.770. The van der Waals surface area contributed by atoms with Crippen LogP contribution in [0.3, 0.4) is 0 Å². The highest BCUT2D eigenvalue weighted by molar-refractivity contribution is 8.00. The fraction of sp³-hybridized carbons (Fsp3) is 0.588. The van der Waals surface area contributed by atoms with E-state index in [1.807, 2.05) is 12.1 Å². The summed E-state index contributed by atoms with van der Waals surface area (Å²) in [5.41, 5.74) is 3.49. The molecule has 1 saturated carbocycles. The number of aliphatic hydroxyl groups excluding tert-OH is 1. The van der Waals surface area contributed by atoms with E-state index in [0.717, 1.165) is 30.0 Å². The molecule has 0 bridgehead atoms. The van der Waals surface area contributed by atoms with Crippen LogP contribution in [-0.4, -0.2) is 36.3 Å². The van der Waals surface area contributed by atoms with Crippen molar-refractivity contribution in [2.24, 2.45) is 5.41 Å². The second kappa shape index (κ2) is 6.50. The molecule has 0 atom stereocenters. The Bertz CT molecular complexity index is 548. The van der Waals surface area contributed by atoms with Gasteiger partial charge in [0.05, 0.1) is 6.61 Å². The maximum atomic E-state index is 11.9. The molecule has 0 unspecified atom stereocenters. The van der Waals surface area contributed by atoms with Gasteiger partial charge in [0.15, 0.2) is 5.78 Å². The first-order chi connectivity index (χ1) is 10.6. The predicted molar refractivity (Wildman–Crippen MR) is 92.7 cm³/mol. The molecule has 1 aliphatic heterocycles. The van der Waals surface area contributed by atoms with Crippen LogP contribution in [0.2, 0.25) is 0 Å². The molecule has 1 saturated heterocycles. The molecule has 3 rings (SSSR count). The van der Waals surface area contributed by atoms with Crippen molar-refractivity contribution in [1.29, 1.82) is 0 Å². The van der Waals surface area contributed by atoms with Gasteiger partial charge in [0.25, 0.3) is 0 Å². The summed E-state index contributed by atoms with van der Waals surface area (Å²) in [6.45, 7) is 3.89. The van der Waals surface area contributed by atoms with Crippen molar-refractivity contribution in [3.05, 3.63) is 23.8 Å². The Balaban J connectivity index is 1.76. The molecule has 0 amide bonds. The molecular weight excluding hydrogens is 296 g/mol. The number of hydrogen-bond donors (Lipinski definition) is 2. The van der Waals surface area contributed by atoms with Crippen LogP contribution in [0, 0.1) is 5.41 Å². The van der Waals surface area contributed by atoms with Gasteiger partial charge in [0.2, 0.25) is 0 Å². The van der Waals surface area contributed by atoms with Gasteiger partial charge in [-0.25, -0.2) is 0 Å². The van der Waals surface area contributed by atoms with Crippen molar-refractivity contribution < 1.29 is 9.90 Å². The summed E-state index contributed by atoms with van der Waals surface area (Å²) in [5, 5.41) is 8.86. The molecule has 2 N–H and O–H groups in total. The highest BCUT2D eigenvalue weighted by atomic mass is 32.2. The normalized spacial score (nSPS) is 19.3. The molecule has 5 heteroatoms. The first-order valence-corrected chi connectivity index (χ1v) is 9.01. The number of carbonyl (C=O) groups excluding carboxylic acids is 1. The minimum atomic E-state index is 0.122. The third kappa shape index (κ3) is 3.41. The van der Waals surface area contributed by atoms with E-state index >= 15 is 0 Å². The smallest absolute Gasteiger partial charge is 0.161 e. The van der Waals surface area contributed by atoms with Crippen LogP contribution in [0.5, 0.6) is 0 Å². The largest absolute Gasteiger partial charge is 0.395 e. The molecule has 0 radical (unpaired) electrons. The number of nitrogens with one attached hydrogen (secondary N) is 1. The molecule has 22 heavy (non-hydrogen) atoms. The number of piperidine rings is 1. The van der Waals surface area contributed by atoms with Crippen LogP contribution >= 0.6 is 11.9 Å². The van der Waals surface area contributed by atoms with Crippen molar-refractivity contribution in [2.45, 2.75) is 32.6 Å². The number of anilines is 2. The third-order valence-electron chi connectivity index (χ3n) is 4.88. The van der Waals surface area contributed by atoms with Gasteiger partial charge in [-0.2, -0.15) is 0 Å². The minimum Gasteiger partial charge on any atom is -0.395 e. The fourth-order valence-corrected chi connectivity index (χ4v) is 3.72. The van der Waals surface area contributed by atoms with E-state index in [0.29, 0.717) is 11.2 Å². The average molecular weight is 320 g/mol. The second-order valence-corrected chi connectivity index (χ2v) is 7.35. The molecule has 0 aromatic heterocycles. The zero-order valence-corrected chi connectivity index (χ0v) is 13.9. The number of nitrogens with zero attached hydrogens (tertiary/aromatic N) is 1. The highest BCUT2D eigenvalue weighted by Gasteiger charge is 2.44. The van der Waals surface area contributed by atoms with Crippen molar-refractivity contribution in [1.82, 2.24) is 0 Å². The van der Waals surface area contributed by atoms with E-state index in [1.165, 1.54) is 37.6 Å². The number of ketones is 1. The lowest BCUT2D eigenvalue weighted by Crippen LogP contribution is -2.35. The number of hydrogen-bond acceptors (Lipinski definition) is 5. The van der Waals surface area contributed by atoms with E-state index in [-0.39, 0.29) is 12.4 Å². The summed E-state index contributed by atoms with van der Waals surface area (Å²) in [6, 6.07) is 5.93. The van der Waals surface area contributed by atoms with Gasteiger partial charge in [-0.15, -0.1) is 0 Å². The first-order valence-electron chi connectivity index (χ1n) is 8.02. The van der Waals surface area contributed by atoms with Crippen LogP contribution in [0.15, 0.2) is 18.2 Å². The van der Waals surface area contributed by atoms with E-state index in [9.17, 15) is 4.79 Å². The molecule has 1 aromatic carbocycles. The summed E-state index contributed by atoms with van der Waals surface area (Å²) in [4.78, 5) is 14.3. The number of Topliss-reactive ketones (excluding diaryl/α,β-unsaturated/α-hetero) is 1. The predicted octanol–water partition coefficient (Wildman–Crippen LogP) is 3.32. The first kappa shape index (κ1) is 15.7. The monoisotopic (exact) mass is 320 g/mol. The zero-order valence-electron chi connectivity index (χ0n) is 13.1. The number of rotatable bonds is 6. The molecule has 1 aromatic rings. The van der Waals surface area contributed by atoms with Gasteiger partial charge in [0.1, 0.15) is 0 Å². The van der Waals surface area contributed by atoms with Gasteiger partial charge in [-0.05, 0) is 56.2 Å². The third-order valence-corrected chi connectivity index (χ3v) is 5.65. The van der Waals surface area contributed by atoms with E-state index in [2.05, 4.69) is 15.7 Å².